The highest BCUT2D eigenvalue weighted by Gasteiger charge is 2.23. The minimum atomic E-state index is -2.97. The molecule has 1 rings (SSSR count). The lowest BCUT2D eigenvalue weighted by Crippen LogP contribution is -2.08. The van der Waals surface area contributed by atoms with Crippen LogP contribution in [0, 0.1) is 13.8 Å². The highest BCUT2D eigenvalue weighted by Crippen LogP contribution is 2.28. The average Bonchev–Trinajstić information content (AvgIpc) is 2.18. The maximum Gasteiger partial charge on any atom is 0.307 e. The summed E-state index contributed by atoms with van der Waals surface area (Å²) in [6.45, 7) is 0. The van der Waals surface area contributed by atoms with Crippen molar-refractivity contribution >= 4 is 34.2 Å². The number of hydrogen-bond donors (Lipinski definition) is 1. The number of carboxylic acid groups (broad SMARTS) is 1. The fourth-order valence-corrected chi connectivity index (χ4v) is 1.77. The summed E-state index contributed by atoms with van der Waals surface area (Å²) >= 11 is 1.45. The molecule has 0 saturated carbocycles. The Morgan fingerprint density at radius 3 is 2.65 bits per heavy atom. The van der Waals surface area contributed by atoms with Crippen LogP contribution in [0.4, 0.5) is 14.5 Å². The van der Waals surface area contributed by atoms with E-state index >= 15 is 0 Å². The molecule has 0 aromatic carbocycles. The number of hydrogen-bond acceptors (Lipinski definition) is 4. The second kappa shape index (κ2) is 5.29. The molecule has 0 atom stereocenters. The maximum absolute atomic E-state index is 12.6. The van der Waals surface area contributed by atoms with Crippen LogP contribution in [-0.2, 0) is 11.2 Å². The third kappa shape index (κ3) is 3.28. The summed E-state index contributed by atoms with van der Waals surface area (Å²) in [6, 6.07) is 0.824. The van der Waals surface area contributed by atoms with Gasteiger partial charge in [-0.25, -0.2) is 13.8 Å². The predicted octanol–water partition coefficient (Wildman–Crippen LogP) is 2.16. The van der Waals surface area contributed by atoms with Crippen molar-refractivity contribution in [3.8, 4) is 0 Å². The van der Waals surface area contributed by atoms with E-state index in [1.807, 2.05) is 0 Å². The zero-order chi connectivity index (χ0) is 13.2. The fourth-order valence-electron chi connectivity index (χ4n) is 1.15. The van der Waals surface area contributed by atoms with Crippen LogP contribution in [0.1, 0.15) is 17.7 Å². The van der Waals surface area contributed by atoms with Gasteiger partial charge in [0, 0.05) is 6.07 Å². The lowest BCUT2D eigenvalue weighted by molar-refractivity contribution is -0.386. The lowest BCUT2D eigenvalue weighted by Gasteiger charge is -2.06. The Kier molecular flexibility index (Phi) is 4.26. The van der Waals surface area contributed by atoms with E-state index in [2.05, 4.69) is 4.98 Å². The molecule has 92 valence electrons. The highest BCUT2D eigenvalue weighted by atomic mass is 127. The van der Waals surface area contributed by atoms with Gasteiger partial charge in [-0.15, -0.1) is 0 Å². The molecular formula is C8H5F2IN2O4. The molecule has 1 aromatic rings. The van der Waals surface area contributed by atoms with Crippen molar-refractivity contribution in [2.45, 2.75) is 12.8 Å². The van der Waals surface area contributed by atoms with Gasteiger partial charge in [0.15, 0.2) is 3.70 Å². The van der Waals surface area contributed by atoms with Crippen LogP contribution in [0.5, 0.6) is 0 Å². The van der Waals surface area contributed by atoms with Gasteiger partial charge in [0.25, 0.3) is 6.43 Å². The summed E-state index contributed by atoms with van der Waals surface area (Å²) in [4.78, 5) is 23.6. The molecular weight excluding hydrogens is 353 g/mol. The first kappa shape index (κ1) is 13.7. The zero-order valence-electron chi connectivity index (χ0n) is 8.06. The van der Waals surface area contributed by atoms with Gasteiger partial charge in [0.1, 0.15) is 5.69 Å². The van der Waals surface area contributed by atoms with Gasteiger partial charge in [-0.2, -0.15) is 0 Å². The minimum Gasteiger partial charge on any atom is -0.481 e. The number of aliphatic carboxylic acids is 1. The van der Waals surface area contributed by atoms with E-state index in [0.717, 1.165) is 6.07 Å². The second-order valence-electron chi connectivity index (χ2n) is 2.97. The van der Waals surface area contributed by atoms with Crippen molar-refractivity contribution < 1.29 is 23.6 Å². The molecule has 1 aromatic heterocycles. The first-order valence-electron chi connectivity index (χ1n) is 4.16. The van der Waals surface area contributed by atoms with Crippen molar-refractivity contribution in [3.05, 3.63) is 31.1 Å². The number of pyridine rings is 1. The Morgan fingerprint density at radius 1 is 1.65 bits per heavy atom. The number of carbonyl (C=O) groups is 1. The molecule has 0 aliphatic rings. The Morgan fingerprint density at radius 2 is 2.24 bits per heavy atom. The molecule has 0 radical (unpaired) electrons. The van der Waals surface area contributed by atoms with Crippen LogP contribution in [0.25, 0.3) is 0 Å². The SMILES string of the molecule is O=C(O)Cc1cc([N+](=O)[O-])c(I)nc1C(F)F. The van der Waals surface area contributed by atoms with Gasteiger partial charge in [-0.1, -0.05) is 0 Å². The minimum absolute atomic E-state index is 0.197. The predicted molar refractivity (Wildman–Crippen MR) is 59.9 cm³/mol. The van der Waals surface area contributed by atoms with Gasteiger partial charge in [0.2, 0.25) is 0 Å². The summed E-state index contributed by atoms with van der Waals surface area (Å²) in [5.41, 5.74) is -1.56. The number of aromatic nitrogens is 1. The number of nitrogens with zero attached hydrogens (tertiary/aromatic N) is 2. The quantitative estimate of drug-likeness (QED) is 0.385. The first-order chi connectivity index (χ1) is 7.82. The molecule has 0 aliphatic heterocycles. The number of halogens is 3. The third-order valence-electron chi connectivity index (χ3n) is 1.81. The summed E-state index contributed by atoms with van der Waals surface area (Å²) in [6.07, 6.45) is -3.71. The third-order valence-corrected chi connectivity index (χ3v) is 2.61. The molecule has 0 aliphatic carbocycles. The number of rotatable bonds is 4. The van der Waals surface area contributed by atoms with Gasteiger partial charge in [-0.3, -0.25) is 14.9 Å². The monoisotopic (exact) mass is 358 g/mol. The van der Waals surface area contributed by atoms with E-state index in [1.54, 1.807) is 0 Å². The summed E-state index contributed by atoms with van der Waals surface area (Å²) < 4.78 is 24.9. The smallest absolute Gasteiger partial charge is 0.307 e. The first-order valence-corrected chi connectivity index (χ1v) is 5.24. The van der Waals surface area contributed by atoms with Gasteiger partial charge in [-0.05, 0) is 28.2 Å². The van der Waals surface area contributed by atoms with E-state index in [0.29, 0.717) is 0 Å². The molecule has 0 amide bonds. The van der Waals surface area contributed by atoms with Crippen LogP contribution in [-0.4, -0.2) is 21.0 Å². The summed E-state index contributed by atoms with van der Waals surface area (Å²) in [7, 11) is 0. The molecule has 1 heterocycles. The Balaban J connectivity index is 3.36. The number of alkyl halides is 2. The molecule has 1 N–H and O–H groups in total. The molecule has 6 nitrogen and oxygen atoms in total. The standard InChI is InChI=1S/C8H5F2IN2O4/c9-7(10)6-3(2-5(14)15)1-4(13(16)17)8(11)12-6/h1,7H,2H2,(H,14,15). The number of nitro groups is 1. The van der Waals surface area contributed by atoms with Crippen molar-refractivity contribution in [3.63, 3.8) is 0 Å². The van der Waals surface area contributed by atoms with Crippen LogP contribution in [0.3, 0.4) is 0 Å². The average molecular weight is 358 g/mol. The van der Waals surface area contributed by atoms with Crippen molar-refractivity contribution in [2.24, 2.45) is 0 Å². The van der Waals surface area contributed by atoms with Crippen molar-refractivity contribution in [1.29, 1.82) is 0 Å². The molecule has 9 heteroatoms. The van der Waals surface area contributed by atoms with E-state index in [1.165, 1.54) is 22.6 Å². The summed E-state index contributed by atoms with van der Waals surface area (Å²) in [5, 5.41) is 19.1. The maximum atomic E-state index is 12.6. The van der Waals surface area contributed by atoms with Crippen molar-refractivity contribution in [1.82, 2.24) is 4.98 Å². The molecule has 0 unspecified atom stereocenters. The molecule has 0 fully saturated rings. The lowest BCUT2D eigenvalue weighted by atomic mass is 10.1. The molecule has 0 saturated heterocycles. The van der Waals surface area contributed by atoms with E-state index < -0.39 is 35.1 Å². The Labute approximate surface area is 107 Å². The van der Waals surface area contributed by atoms with Crippen LogP contribution >= 0.6 is 22.6 Å². The molecule has 0 spiro atoms. The largest absolute Gasteiger partial charge is 0.481 e. The summed E-state index contributed by atoms with van der Waals surface area (Å²) in [5.74, 6) is -1.36. The topological polar surface area (TPSA) is 93.3 Å². The van der Waals surface area contributed by atoms with Gasteiger partial charge in [0.05, 0.1) is 11.3 Å². The van der Waals surface area contributed by atoms with Crippen molar-refractivity contribution in [2.75, 3.05) is 0 Å². The van der Waals surface area contributed by atoms with Gasteiger partial charge >= 0.3 is 11.7 Å². The molecule has 17 heavy (non-hydrogen) atoms. The van der Waals surface area contributed by atoms with E-state index in [4.69, 9.17) is 5.11 Å². The van der Waals surface area contributed by atoms with Gasteiger partial charge < -0.3 is 5.11 Å². The highest BCUT2D eigenvalue weighted by molar-refractivity contribution is 14.1. The second-order valence-corrected chi connectivity index (χ2v) is 3.99. The van der Waals surface area contributed by atoms with Crippen LogP contribution in [0.15, 0.2) is 6.07 Å². The van der Waals surface area contributed by atoms with Crippen LogP contribution in [0.2, 0.25) is 0 Å². The fraction of sp³-hybridized carbons (Fsp3) is 0.250. The Bertz CT molecular complexity index is 481. The van der Waals surface area contributed by atoms with E-state index in [-0.39, 0.29) is 9.26 Å². The van der Waals surface area contributed by atoms with E-state index in [9.17, 15) is 23.7 Å². The molecule has 0 bridgehead atoms. The normalized spacial score (nSPS) is 10.6. The van der Waals surface area contributed by atoms with Crippen LogP contribution < -0.4 is 0 Å². The zero-order valence-corrected chi connectivity index (χ0v) is 10.2. The Hall–Kier alpha value is -1.39. The number of carboxylic acids is 1.